The number of aliphatic carboxylic acids is 1. The van der Waals surface area contributed by atoms with Crippen molar-refractivity contribution in [1.82, 2.24) is 0 Å². The average Bonchev–Trinajstić information content (AvgIpc) is 2.15. The lowest BCUT2D eigenvalue weighted by Crippen LogP contribution is -1.95. The summed E-state index contributed by atoms with van der Waals surface area (Å²) >= 11 is 4.20. The van der Waals surface area contributed by atoms with Gasteiger partial charge in [-0.2, -0.15) is 0 Å². The molecule has 4 nitrogen and oxygen atoms in total. The minimum absolute atomic E-state index is 0.0694. The summed E-state index contributed by atoms with van der Waals surface area (Å²) in [6.07, 6.45) is 0. The second-order valence-corrected chi connectivity index (χ2v) is 3.95. The van der Waals surface area contributed by atoms with E-state index >= 15 is 0 Å². The zero-order valence-corrected chi connectivity index (χ0v) is 9.46. The van der Waals surface area contributed by atoms with Gasteiger partial charge in [0.1, 0.15) is 5.75 Å². The van der Waals surface area contributed by atoms with E-state index in [4.69, 9.17) is 5.11 Å². The Balaban J connectivity index is 2.44. The van der Waals surface area contributed by atoms with Gasteiger partial charge in [-0.15, -0.1) is 9.63 Å². The largest absolute Gasteiger partial charge is 0.481 e. The van der Waals surface area contributed by atoms with Crippen molar-refractivity contribution in [3.05, 3.63) is 28.7 Å². The van der Waals surface area contributed by atoms with Gasteiger partial charge in [0.15, 0.2) is 0 Å². The van der Waals surface area contributed by atoms with Gasteiger partial charge in [-0.25, -0.2) is 0 Å². The maximum absolute atomic E-state index is 10.1. The van der Waals surface area contributed by atoms with Gasteiger partial charge in [0.05, 0.1) is 5.69 Å². The molecule has 0 saturated carbocycles. The van der Waals surface area contributed by atoms with Crippen LogP contribution in [0.4, 0.5) is 5.69 Å². The second-order valence-electron chi connectivity index (χ2n) is 2.33. The van der Waals surface area contributed by atoms with Gasteiger partial charge in [-0.05, 0) is 24.3 Å². The van der Waals surface area contributed by atoms with Crippen molar-refractivity contribution >= 4 is 39.5 Å². The average molecular weight is 275 g/mol. The van der Waals surface area contributed by atoms with Crippen molar-refractivity contribution in [3.8, 4) is 0 Å². The summed E-state index contributed by atoms with van der Waals surface area (Å²) in [4.78, 5) is 10.1. The Morgan fingerprint density at radius 1 is 1.43 bits per heavy atom. The van der Waals surface area contributed by atoms with E-state index in [0.29, 0.717) is 5.69 Å². The second kappa shape index (κ2) is 5.77. The van der Waals surface area contributed by atoms with Crippen molar-refractivity contribution in [2.24, 2.45) is 9.63 Å². The van der Waals surface area contributed by atoms with Crippen LogP contribution in [-0.2, 0) is 4.79 Å². The summed E-state index contributed by atoms with van der Waals surface area (Å²) in [6.45, 7) is 0. The first-order chi connectivity index (χ1) is 6.68. The molecule has 0 bridgehead atoms. The van der Waals surface area contributed by atoms with Crippen LogP contribution >= 0.6 is 27.9 Å². The van der Waals surface area contributed by atoms with Crippen molar-refractivity contribution in [2.45, 2.75) is 0 Å². The molecule has 0 spiro atoms. The molecule has 14 heavy (non-hydrogen) atoms. The van der Waals surface area contributed by atoms with Crippen molar-refractivity contribution in [2.75, 3.05) is 5.75 Å². The van der Waals surface area contributed by atoms with Gasteiger partial charge < -0.3 is 5.11 Å². The molecule has 0 aromatic heterocycles. The number of carboxylic acid groups (broad SMARTS) is 1. The van der Waals surface area contributed by atoms with E-state index in [9.17, 15) is 4.79 Å². The fourth-order valence-electron chi connectivity index (χ4n) is 0.668. The summed E-state index contributed by atoms with van der Waals surface area (Å²) in [5.74, 6) is -0.968. The van der Waals surface area contributed by atoms with Crippen LogP contribution in [-0.4, -0.2) is 16.8 Å². The van der Waals surface area contributed by atoms with Crippen molar-refractivity contribution in [3.63, 3.8) is 0 Å². The Bertz CT molecular complexity index is 340. The Morgan fingerprint density at radius 3 is 2.64 bits per heavy atom. The molecular weight excluding hydrogens is 268 g/mol. The molecule has 0 heterocycles. The maximum Gasteiger partial charge on any atom is 0.315 e. The van der Waals surface area contributed by atoms with E-state index in [2.05, 4.69) is 25.6 Å². The highest BCUT2D eigenvalue weighted by Crippen LogP contribution is 2.18. The third kappa shape index (κ3) is 4.38. The number of halogens is 1. The number of carbonyl (C=O) groups is 1. The molecule has 0 unspecified atom stereocenters. The molecule has 1 rings (SSSR count). The first kappa shape index (κ1) is 11.2. The van der Waals surface area contributed by atoms with Crippen molar-refractivity contribution < 1.29 is 9.90 Å². The maximum atomic E-state index is 10.1. The summed E-state index contributed by atoms with van der Waals surface area (Å²) in [5, 5.41) is 12.1. The Hall–Kier alpha value is -0.880. The highest BCUT2D eigenvalue weighted by atomic mass is 79.9. The first-order valence-corrected chi connectivity index (χ1v) is 5.42. The van der Waals surface area contributed by atoms with Gasteiger partial charge in [0.25, 0.3) is 0 Å². The van der Waals surface area contributed by atoms with E-state index < -0.39 is 5.97 Å². The predicted molar refractivity (Wildman–Crippen MR) is 58.8 cm³/mol. The molecular formula is C8H7BrN2O2S. The number of hydrogen-bond acceptors (Lipinski definition) is 4. The normalized spacial score (nSPS) is 10.6. The molecule has 0 aliphatic heterocycles. The lowest BCUT2D eigenvalue weighted by molar-refractivity contribution is -0.133. The number of benzene rings is 1. The lowest BCUT2D eigenvalue weighted by atomic mass is 10.3. The van der Waals surface area contributed by atoms with Crippen LogP contribution in [0.3, 0.4) is 0 Å². The lowest BCUT2D eigenvalue weighted by Gasteiger charge is -1.91. The summed E-state index contributed by atoms with van der Waals surface area (Å²) in [7, 11) is 0. The molecule has 0 fully saturated rings. The summed E-state index contributed by atoms with van der Waals surface area (Å²) < 4.78 is 4.62. The van der Waals surface area contributed by atoms with Crippen molar-refractivity contribution in [1.29, 1.82) is 0 Å². The Labute approximate surface area is 93.7 Å². The molecule has 1 aromatic carbocycles. The fraction of sp³-hybridized carbons (Fsp3) is 0.125. The molecule has 1 N–H and O–H groups in total. The van der Waals surface area contributed by atoms with Gasteiger partial charge in [-0.1, -0.05) is 15.9 Å². The number of carboxylic acids is 1. The van der Waals surface area contributed by atoms with E-state index in [1.54, 1.807) is 12.1 Å². The topological polar surface area (TPSA) is 62.0 Å². The Morgan fingerprint density at radius 2 is 2.07 bits per heavy atom. The van der Waals surface area contributed by atoms with Gasteiger partial charge in [0, 0.05) is 16.4 Å². The molecule has 74 valence electrons. The standard InChI is InChI=1S/C8H7BrN2O2S/c9-6-1-3-7(4-2-6)10-11-14-5-8(12)13/h1-4H,5H2,(H,12,13). The monoisotopic (exact) mass is 274 g/mol. The van der Waals surface area contributed by atoms with Gasteiger partial charge in [0.2, 0.25) is 0 Å². The quantitative estimate of drug-likeness (QED) is 0.677. The highest BCUT2D eigenvalue weighted by molar-refractivity contribution is 9.10. The zero-order valence-electron chi connectivity index (χ0n) is 7.05. The van der Waals surface area contributed by atoms with Gasteiger partial charge in [-0.3, -0.25) is 4.79 Å². The predicted octanol–water partition coefficient (Wildman–Crippen LogP) is 3.27. The molecule has 0 aliphatic rings. The first-order valence-electron chi connectivity index (χ1n) is 3.69. The summed E-state index contributed by atoms with van der Waals surface area (Å²) in [5.41, 5.74) is 0.700. The molecule has 0 saturated heterocycles. The fourth-order valence-corrected chi connectivity index (χ4v) is 1.25. The van der Waals surface area contributed by atoms with Crippen LogP contribution in [0.5, 0.6) is 0 Å². The number of hydrogen-bond donors (Lipinski definition) is 1. The smallest absolute Gasteiger partial charge is 0.315 e. The highest BCUT2D eigenvalue weighted by Gasteiger charge is 1.94. The third-order valence-electron chi connectivity index (χ3n) is 1.23. The van der Waals surface area contributed by atoms with E-state index in [0.717, 1.165) is 16.4 Å². The molecule has 6 heteroatoms. The van der Waals surface area contributed by atoms with E-state index in [1.165, 1.54) is 0 Å². The van der Waals surface area contributed by atoms with Crippen LogP contribution in [0.2, 0.25) is 0 Å². The van der Waals surface area contributed by atoms with E-state index in [1.807, 2.05) is 12.1 Å². The number of rotatable bonds is 4. The van der Waals surface area contributed by atoms with Gasteiger partial charge >= 0.3 is 5.97 Å². The molecule has 0 atom stereocenters. The summed E-state index contributed by atoms with van der Waals surface area (Å²) in [6, 6.07) is 7.26. The zero-order chi connectivity index (χ0) is 10.4. The minimum atomic E-state index is -0.898. The molecule has 0 aliphatic carbocycles. The molecule has 1 aromatic rings. The van der Waals surface area contributed by atoms with Crippen LogP contribution in [0.15, 0.2) is 38.4 Å². The van der Waals surface area contributed by atoms with Crippen LogP contribution in [0.1, 0.15) is 0 Å². The molecule has 0 amide bonds. The number of nitrogens with zero attached hydrogens (tertiary/aromatic N) is 2. The van der Waals surface area contributed by atoms with Crippen LogP contribution < -0.4 is 0 Å². The minimum Gasteiger partial charge on any atom is -0.481 e. The van der Waals surface area contributed by atoms with E-state index in [-0.39, 0.29) is 5.75 Å². The Kier molecular flexibility index (Phi) is 4.61. The van der Waals surface area contributed by atoms with Crippen LogP contribution in [0, 0.1) is 0 Å². The van der Waals surface area contributed by atoms with Crippen LogP contribution in [0.25, 0.3) is 0 Å². The molecule has 0 radical (unpaired) electrons. The SMILES string of the molecule is O=C(O)CSN=Nc1ccc(Br)cc1. The third-order valence-corrected chi connectivity index (χ3v) is 2.33.